The Morgan fingerprint density at radius 2 is 1.72 bits per heavy atom. The minimum Gasteiger partial charge on any atom is -0.331 e. The third-order valence-corrected chi connectivity index (χ3v) is 6.21. The van der Waals surface area contributed by atoms with Gasteiger partial charge in [0, 0.05) is 18.5 Å². The Morgan fingerprint density at radius 3 is 2.41 bits per heavy atom. The Labute approximate surface area is 172 Å². The number of benzene rings is 2. The highest BCUT2D eigenvalue weighted by Crippen LogP contribution is 2.41. The molecule has 2 aliphatic heterocycles. The quantitative estimate of drug-likeness (QED) is 0.808. The second-order valence-electron chi connectivity index (χ2n) is 9.00. The number of amides is 2. The normalized spacial score (nSPS) is 21.6. The van der Waals surface area contributed by atoms with Crippen LogP contribution in [-0.4, -0.2) is 60.2 Å². The minimum absolute atomic E-state index is 0.0171. The largest absolute Gasteiger partial charge is 0.331 e. The Hall–Kier alpha value is -2.66. The Kier molecular flexibility index (Phi) is 4.95. The van der Waals surface area contributed by atoms with Crippen molar-refractivity contribution in [1.29, 1.82) is 0 Å². The van der Waals surface area contributed by atoms with Gasteiger partial charge in [0.1, 0.15) is 6.04 Å². The van der Waals surface area contributed by atoms with Crippen LogP contribution in [0.15, 0.2) is 54.6 Å². The number of hydrogen-bond acceptors (Lipinski definition) is 3. The first-order valence-electron chi connectivity index (χ1n) is 10.2. The fourth-order valence-corrected chi connectivity index (χ4v) is 4.82. The molecule has 0 radical (unpaired) electrons. The molecule has 2 heterocycles. The van der Waals surface area contributed by atoms with Gasteiger partial charge in [-0.15, -0.1) is 0 Å². The van der Waals surface area contributed by atoms with E-state index in [0.29, 0.717) is 13.1 Å². The number of carbonyl (C=O) groups is 2. The van der Waals surface area contributed by atoms with E-state index in [-0.39, 0.29) is 29.8 Å². The van der Waals surface area contributed by atoms with Crippen LogP contribution in [-0.2, 0) is 15.0 Å². The van der Waals surface area contributed by atoms with Gasteiger partial charge in [-0.25, -0.2) is 0 Å². The number of likely N-dealkylation sites (N-methyl/N-ethyl adjacent to an activating group) is 1. The van der Waals surface area contributed by atoms with E-state index in [1.807, 2.05) is 60.3 Å². The number of rotatable bonds is 3. The first-order valence-corrected chi connectivity index (χ1v) is 10.2. The summed E-state index contributed by atoms with van der Waals surface area (Å²) in [6, 6.07) is 17.7. The van der Waals surface area contributed by atoms with Gasteiger partial charge in [-0.3, -0.25) is 14.5 Å². The highest BCUT2D eigenvalue weighted by molar-refractivity contribution is 5.90. The van der Waals surface area contributed by atoms with Crippen molar-refractivity contribution in [2.24, 2.45) is 0 Å². The number of hydrogen-bond donors (Lipinski definition) is 0. The van der Waals surface area contributed by atoms with Gasteiger partial charge in [0.05, 0.1) is 12.6 Å². The van der Waals surface area contributed by atoms with Crippen molar-refractivity contribution < 1.29 is 9.59 Å². The van der Waals surface area contributed by atoms with Crippen LogP contribution in [0.25, 0.3) is 0 Å². The average molecular weight is 392 g/mol. The van der Waals surface area contributed by atoms with Gasteiger partial charge < -0.3 is 9.80 Å². The number of carbonyl (C=O) groups excluding carboxylic acids is 2. The molecule has 0 bridgehead atoms. The lowest BCUT2D eigenvalue weighted by molar-refractivity contribution is -0.153. The zero-order valence-electron chi connectivity index (χ0n) is 17.6. The average Bonchev–Trinajstić information content (AvgIpc) is 2.69. The third kappa shape index (κ3) is 3.44. The standard InChI is InChI=1S/C24H29N3O2/c1-24(2)16-27-20(18-12-8-9-13-19(18)24)14-26(15-21(27)28)23(29)22(25(3)4)17-10-6-5-7-11-17/h5-13,20,22H,14-16H2,1-4H3. The van der Waals surface area contributed by atoms with Crippen molar-refractivity contribution in [3.05, 3.63) is 71.3 Å². The van der Waals surface area contributed by atoms with Crippen molar-refractivity contribution >= 4 is 11.8 Å². The van der Waals surface area contributed by atoms with E-state index >= 15 is 0 Å². The van der Waals surface area contributed by atoms with Crippen LogP contribution in [0, 0.1) is 0 Å². The minimum atomic E-state index is -0.397. The van der Waals surface area contributed by atoms with E-state index in [2.05, 4.69) is 32.0 Å². The molecule has 0 aromatic heterocycles. The first kappa shape index (κ1) is 19.6. The van der Waals surface area contributed by atoms with Gasteiger partial charge in [0.2, 0.25) is 11.8 Å². The molecule has 0 spiro atoms. The maximum Gasteiger partial charge on any atom is 0.245 e. The Balaban J connectivity index is 1.67. The predicted molar refractivity (Wildman–Crippen MR) is 113 cm³/mol. The molecule has 4 rings (SSSR count). The predicted octanol–water partition coefficient (Wildman–Crippen LogP) is 2.99. The van der Waals surface area contributed by atoms with E-state index < -0.39 is 6.04 Å². The summed E-state index contributed by atoms with van der Waals surface area (Å²) in [5.41, 5.74) is 3.29. The van der Waals surface area contributed by atoms with Crippen LogP contribution in [0.2, 0.25) is 0 Å². The lowest BCUT2D eigenvalue weighted by Crippen LogP contribution is -2.59. The van der Waals surface area contributed by atoms with Crippen molar-refractivity contribution in [2.45, 2.75) is 31.3 Å². The Morgan fingerprint density at radius 1 is 1.07 bits per heavy atom. The number of fused-ring (bicyclic) bond motifs is 3. The zero-order chi connectivity index (χ0) is 20.8. The number of nitrogens with zero attached hydrogens (tertiary/aromatic N) is 3. The van der Waals surface area contributed by atoms with Gasteiger partial charge >= 0.3 is 0 Å². The summed E-state index contributed by atoms with van der Waals surface area (Å²) in [7, 11) is 3.82. The summed E-state index contributed by atoms with van der Waals surface area (Å²) in [6.45, 7) is 5.74. The summed E-state index contributed by atoms with van der Waals surface area (Å²) in [6.07, 6.45) is 0. The molecule has 2 aliphatic rings. The summed E-state index contributed by atoms with van der Waals surface area (Å²) in [5.74, 6) is 0.0132. The second-order valence-corrected chi connectivity index (χ2v) is 9.00. The molecule has 5 heteroatoms. The third-order valence-electron chi connectivity index (χ3n) is 6.21. The molecular weight excluding hydrogens is 362 g/mol. The summed E-state index contributed by atoms with van der Waals surface area (Å²) in [5, 5.41) is 0. The van der Waals surface area contributed by atoms with Crippen molar-refractivity contribution in [3.8, 4) is 0 Å². The molecule has 5 nitrogen and oxygen atoms in total. The molecule has 1 fully saturated rings. The lowest BCUT2D eigenvalue weighted by atomic mass is 9.75. The lowest BCUT2D eigenvalue weighted by Gasteiger charge is -2.50. The molecule has 152 valence electrons. The maximum atomic E-state index is 13.5. The van der Waals surface area contributed by atoms with Crippen molar-refractivity contribution in [1.82, 2.24) is 14.7 Å². The summed E-state index contributed by atoms with van der Waals surface area (Å²) >= 11 is 0. The van der Waals surface area contributed by atoms with Gasteiger partial charge in [-0.2, -0.15) is 0 Å². The molecule has 1 saturated heterocycles. The molecule has 0 aliphatic carbocycles. The smallest absolute Gasteiger partial charge is 0.245 e. The molecular formula is C24H29N3O2. The second kappa shape index (κ2) is 7.30. The molecule has 2 aromatic rings. The van der Waals surface area contributed by atoms with Crippen molar-refractivity contribution in [2.75, 3.05) is 33.7 Å². The molecule has 2 amide bonds. The maximum absolute atomic E-state index is 13.5. The topological polar surface area (TPSA) is 43.9 Å². The van der Waals surface area contributed by atoms with Gasteiger partial charge in [-0.05, 0) is 30.8 Å². The van der Waals surface area contributed by atoms with E-state index in [4.69, 9.17) is 0 Å². The SMILES string of the molecule is CN(C)C(C(=O)N1CC(=O)N2CC(C)(C)c3ccccc3C2C1)c1ccccc1. The van der Waals surface area contributed by atoms with Gasteiger partial charge in [0.15, 0.2) is 0 Å². The molecule has 29 heavy (non-hydrogen) atoms. The van der Waals surface area contributed by atoms with E-state index in [1.54, 1.807) is 4.90 Å². The van der Waals surface area contributed by atoms with Crippen LogP contribution in [0.5, 0.6) is 0 Å². The Bertz CT molecular complexity index is 923. The molecule has 2 aromatic carbocycles. The molecule has 2 atom stereocenters. The van der Waals surface area contributed by atoms with Crippen LogP contribution in [0.4, 0.5) is 0 Å². The van der Waals surface area contributed by atoms with Crippen LogP contribution in [0.1, 0.15) is 42.6 Å². The highest BCUT2D eigenvalue weighted by atomic mass is 16.2. The van der Waals surface area contributed by atoms with E-state index in [1.165, 1.54) is 5.56 Å². The fraction of sp³-hybridized carbons (Fsp3) is 0.417. The molecule has 2 unspecified atom stereocenters. The molecule has 0 saturated carbocycles. The monoisotopic (exact) mass is 391 g/mol. The van der Waals surface area contributed by atoms with Crippen LogP contribution >= 0.6 is 0 Å². The fourth-order valence-electron chi connectivity index (χ4n) is 4.82. The zero-order valence-corrected chi connectivity index (χ0v) is 17.6. The summed E-state index contributed by atoms with van der Waals surface area (Å²) < 4.78 is 0. The first-order chi connectivity index (χ1) is 13.8. The summed E-state index contributed by atoms with van der Waals surface area (Å²) in [4.78, 5) is 32.2. The molecule has 0 N–H and O–H groups in total. The van der Waals surface area contributed by atoms with E-state index in [9.17, 15) is 9.59 Å². The van der Waals surface area contributed by atoms with Gasteiger partial charge in [0.25, 0.3) is 0 Å². The number of piperazine rings is 1. The van der Waals surface area contributed by atoms with Crippen LogP contribution < -0.4 is 0 Å². The van der Waals surface area contributed by atoms with Crippen LogP contribution in [0.3, 0.4) is 0 Å². The van der Waals surface area contributed by atoms with Crippen molar-refractivity contribution in [3.63, 3.8) is 0 Å². The highest BCUT2D eigenvalue weighted by Gasteiger charge is 2.45. The van der Waals surface area contributed by atoms with E-state index in [0.717, 1.165) is 11.1 Å². The van der Waals surface area contributed by atoms with Gasteiger partial charge in [-0.1, -0.05) is 68.4 Å².